The van der Waals surface area contributed by atoms with E-state index in [9.17, 15) is 14.4 Å². The molecular weight excluding hydrogens is 406 g/mol. The highest BCUT2D eigenvalue weighted by atomic mass is 16.7. The number of nitrogens with two attached hydrogens (primary N) is 1. The van der Waals surface area contributed by atoms with E-state index in [1.54, 1.807) is 42.5 Å². The summed E-state index contributed by atoms with van der Waals surface area (Å²) in [5, 5.41) is 23.7. The summed E-state index contributed by atoms with van der Waals surface area (Å²) in [5.74, 6) is -0.853. The van der Waals surface area contributed by atoms with E-state index in [2.05, 4.69) is 16.0 Å². The number of aryl methyl sites for hydroxylation is 1. The van der Waals surface area contributed by atoms with Crippen molar-refractivity contribution in [2.45, 2.75) is 19.3 Å². The zero-order valence-corrected chi connectivity index (χ0v) is 16.3. The van der Waals surface area contributed by atoms with Crippen LogP contribution in [0.4, 0.5) is 10.5 Å². The Labute approximate surface area is 177 Å². The van der Waals surface area contributed by atoms with E-state index in [-0.39, 0.29) is 18.8 Å². The van der Waals surface area contributed by atoms with Crippen LogP contribution in [0.2, 0.25) is 0 Å². The van der Waals surface area contributed by atoms with Crippen molar-refractivity contribution in [1.82, 2.24) is 10.6 Å². The molecule has 11 heteroatoms. The second-order valence-electron chi connectivity index (χ2n) is 6.58. The molecule has 0 aromatic heterocycles. The van der Waals surface area contributed by atoms with Crippen LogP contribution in [0.25, 0.3) is 0 Å². The van der Waals surface area contributed by atoms with E-state index < -0.39 is 24.3 Å². The Morgan fingerprint density at radius 2 is 1.84 bits per heavy atom. The molecule has 0 fully saturated rings. The molecule has 1 aliphatic heterocycles. The first-order valence-electron chi connectivity index (χ1n) is 9.27. The Bertz CT molecular complexity index is 1020. The SMILES string of the molecule is N=C(N)c1ccccc1NC(=O)NCC(=O)NC1Oc2ccc(CCC(=O)O)cc2O1. The van der Waals surface area contributed by atoms with Gasteiger partial charge < -0.3 is 30.9 Å². The molecule has 0 aliphatic carbocycles. The van der Waals surface area contributed by atoms with Gasteiger partial charge in [-0.15, -0.1) is 0 Å². The van der Waals surface area contributed by atoms with Crippen molar-refractivity contribution in [3.8, 4) is 11.5 Å². The first-order chi connectivity index (χ1) is 14.8. The number of urea groups is 1. The Kier molecular flexibility index (Phi) is 6.55. The number of carbonyl (C=O) groups excluding carboxylic acids is 2. The van der Waals surface area contributed by atoms with Crippen molar-refractivity contribution in [1.29, 1.82) is 5.41 Å². The zero-order valence-electron chi connectivity index (χ0n) is 16.3. The third-order valence-corrected chi connectivity index (χ3v) is 4.26. The van der Waals surface area contributed by atoms with Gasteiger partial charge in [0.25, 0.3) is 0 Å². The van der Waals surface area contributed by atoms with Crippen LogP contribution in [0.3, 0.4) is 0 Å². The fourth-order valence-corrected chi connectivity index (χ4v) is 2.80. The quantitative estimate of drug-likeness (QED) is 0.269. The van der Waals surface area contributed by atoms with Crippen molar-refractivity contribution in [2.75, 3.05) is 11.9 Å². The molecule has 0 spiro atoms. The van der Waals surface area contributed by atoms with Crippen LogP contribution in [0.1, 0.15) is 17.5 Å². The fraction of sp³-hybridized carbons (Fsp3) is 0.200. The summed E-state index contributed by atoms with van der Waals surface area (Å²) >= 11 is 0. The number of anilines is 1. The number of carbonyl (C=O) groups is 3. The molecule has 11 nitrogen and oxygen atoms in total. The molecule has 1 heterocycles. The minimum Gasteiger partial charge on any atom is -0.481 e. The number of rotatable bonds is 8. The number of fused-ring (bicyclic) bond motifs is 1. The summed E-state index contributed by atoms with van der Waals surface area (Å²) in [5.41, 5.74) is 6.93. The number of ether oxygens (including phenoxy) is 2. The van der Waals surface area contributed by atoms with Crippen LogP contribution in [0.15, 0.2) is 42.5 Å². The van der Waals surface area contributed by atoms with E-state index >= 15 is 0 Å². The highest BCUT2D eigenvalue weighted by Crippen LogP contribution is 2.34. The molecule has 1 aliphatic rings. The van der Waals surface area contributed by atoms with Crippen molar-refractivity contribution in [3.05, 3.63) is 53.6 Å². The number of hydrogen-bond donors (Lipinski definition) is 6. The predicted molar refractivity (Wildman–Crippen MR) is 110 cm³/mol. The first kappa shape index (κ1) is 21.4. The highest BCUT2D eigenvalue weighted by molar-refractivity contribution is 6.04. The Morgan fingerprint density at radius 1 is 1.10 bits per heavy atom. The fourth-order valence-electron chi connectivity index (χ4n) is 2.80. The van der Waals surface area contributed by atoms with Gasteiger partial charge in [0.05, 0.1) is 12.2 Å². The van der Waals surface area contributed by atoms with Crippen molar-refractivity contribution in [3.63, 3.8) is 0 Å². The molecular formula is C20H21N5O6. The number of nitrogens with one attached hydrogen (secondary N) is 4. The van der Waals surface area contributed by atoms with Gasteiger partial charge in [0, 0.05) is 12.0 Å². The summed E-state index contributed by atoms with van der Waals surface area (Å²) in [7, 11) is 0. The van der Waals surface area contributed by atoms with E-state index in [4.69, 9.17) is 25.7 Å². The second-order valence-corrected chi connectivity index (χ2v) is 6.58. The number of para-hydroxylation sites is 1. The van der Waals surface area contributed by atoms with E-state index in [1.807, 2.05) is 0 Å². The maximum atomic E-state index is 12.1. The van der Waals surface area contributed by atoms with Gasteiger partial charge >= 0.3 is 18.4 Å². The Morgan fingerprint density at radius 3 is 2.58 bits per heavy atom. The number of amidine groups is 1. The monoisotopic (exact) mass is 427 g/mol. The lowest BCUT2D eigenvalue weighted by molar-refractivity contribution is -0.137. The average Bonchev–Trinajstić information content (AvgIpc) is 3.12. The minimum absolute atomic E-state index is 0.00949. The van der Waals surface area contributed by atoms with Crippen molar-refractivity contribution >= 4 is 29.4 Å². The number of carboxylic acid groups (broad SMARTS) is 1. The van der Waals surface area contributed by atoms with Gasteiger partial charge in [-0.25, -0.2) is 4.79 Å². The van der Waals surface area contributed by atoms with Crippen LogP contribution in [-0.2, 0) is 16.0 Å². The van der Waals surface area contributed by atoms with Gasteiger partial charge in [0.2, 0.25) is 5.91 Å². The number of amides is 3. The lowest BCUT2D eigenvalue weighted by Gasteiger charge is -2.13. The number of aliphatic carboxylic acids is 1. The molecule has 3 rings (SSSR count). The molecule has 7 N–H and O–H groups in total. The van der Waals surface area contributed by atoms with Gasteiger partial charge in [-0.05, 0) is 36.2 Å². The Hall–Kier alpha value is -4.28. The topological polar surface area (TPSA) is 176 Å². The highest BCUT2D eigenvalue weighted by Gasteiger charge is 2.26. The number of benzene rings is 2. The number of hydrogen-bond acceptors (Lipinski definition) is 6. The van der Waals surface area contributed by atoms with E-state index in [0.717, 1.165) is 5.56 Å². The molecule has 0 saturated carbocycles. The Balaban J connectivity index is 1.46. The molecule has 162 valence electrons. The molecule has 3 amide bonds. The van der Waals surface area contributed by atoms with Crippen LogP contribution in [0.5, 0.6) is 11.5 Å². The van der Waals surface area contributed by atoms with E-state index in [0.29, 0.717) is 29.2 Å². The summed E-state index contributed by atoms with van der Waals surface area (Å²) in [6, 6.07) is 10.9. The van der Waals surface area contributed by atoms with Crippen LogP contribution < -0.4 is 31.2 Å². The predicted octanol–water partition coefficient (Wildman–Crippen LogP) is 0.981. The molecule has 2 aromatic carbocycles. The second kappa shape index (κ2) is 9.48. The van der Waals surface area contributed by atoms with Gasteiger partial charge in [0.1, 0.15) is 5.84 Å². The summed E-state index contributed by atoms with van der Waals surface area (Å²) < 4.78 is 11.0. The standard InChI is InChI=1S/C20H21N5O6/c21-18(22)12-3-1-2-4-13(12)24-19(29)23-10-16(26)25-20-30-14-7-5-11(6-8-17(27)28)9-15(14)31-20/h1-5,7,9,20H,6,8,10H2,(H3,21,22)(H,25,26)(H,27,28)(H2,23,24,29). The molecule has 0 bridgehead atoms. The first-order valence-corrected chi connectivity index (χ1v) is 9.27. The third kappa shape index (κ3) is 5.85. The smallest absolute Gasteiger partial charge is 0.327 e. The minimum atomic E-state index is -1.07. The summed E-state index contributed by atoms with van der Waals surface area (Å²) in [6.07, 6.45) is -0.736. The van der Waals surface area contributed by atoms with Gasteiger partial charge in [-0.1, -0.05) is 18.2 Å². The van der Waals surface area contributed by atoms with Gasteiger partial charge in [-0.2, -0.15) is 0 Å². The average molecular weight is 427 g/mol. The van der Waals surface area contributed by atoms with Crippen LogP contribution in [0, 0.1) is 5.41 Å². The maximum absolute atomic E-state index is 12.1. The number of carboxylic acids is 1. The lowest BCUT2D eigenvalue weighted by Crippen LogP contribution is -2.46. The zero-order chi connectivity index (χ0) is 22.4. The van der Waals surface area contributed by atoms with Crippen LogP contribution >= 0.6 is 0 Å². The largest absolute Gasteiger partial charge is 0.481 e. The molecule has 1 atom stereocenters. The molecule has 0 radical (unpaired) electrons. The third-order valence-electron chi connectivity index (χ3n) is 4.26. The molecule has 31 heavy (non-hydrogen) atoms. The van der Waals surface area contributed by atoms with Gasteiger partial charge in [0.15, 0.2) is 11.5 Å². The summed E-state index contributed by atoms with van der Waals surface area (Å²) in [6.45, 7) is -0.350. The van der Waals surface area contributed by atoms with Gasteiger partial charge in [-0.3, -0.25) is 20.3 Å². The molecule has 1 unspecified atom stereocenters. The van der Waals surface area contributed by atoms with Crippen molar-refractivity contribution in [2.24, 2.45) is 5.73 Å². The lowest BCUT2D eigenvalue weighted by atomic mass is 10.1. The summed E-state index contributed by atoms with van der Waals surface area (Å²) in [4.78, 5) is 34.8. The normalized spacial score (nSPS) is 13.9. The maximum Gasteiger partial charge on any atom is 0.327 e. The molecule has 2 aromatic rings. The van der Waals surface area contributed by atoms with E-state index in [1.165, 1.54) is 0 Å². The van der Waals surface area contributed by atoms with Crippen LogP contribution in [-0.4, -0.2) is 41.8 Å². The number of nitrogen functional groups attached to an aromatic ring is 1. The van der Waals surface area contributed by atoms with Crippen molar-refractivity contribution < 1.29 is 29.0 Å². The molecule has 0 saturated heterocycles.